The molecule has 13 heavy (non-hydrogen) atoms. The van der Waals surface area contributed by atoms with E-state index < -0.39 is 21.4 Å². The molecule has 0 unspecified atom stereocenters. The van der Waals surface area contributed by atoms with Crippen LogP contribution in [0.3, 0.4) is 0 Å². The fourth-order valence-electron chi connectivity index (χ4n) is 0.866. The van der Waals surface area contributed by atoms with Crippen molar-refractivity contribution in [1.82, 2.24) is 0 Å². The molecule has 0 saturated carbocycles. The Morgan fingerprint density at radius 3 is 2.54 bits per heavy atom. The predicted molar refractivity (Wildman–Crippen MR) is 47.0 cm³/mol. The van der Waals surface area contributed by atoms with Gasteiger partial charge in [-0.15, -0.1) is 0 Å². The zero-order valence-corrected chi connectivity index (χ0v) is 8.07. The molecule has 0 N–H and O–H groups in total. The van der Waals surface area contributed by atoms with Crippen molar-refractivity contribution in [3.05, 3.63) is 29.8 Å². The van der Waals surface area contributed by atoms with Crippen LogP contribution in [0, 0.1) is 11.6 Å². The molecule has 0 aromatic heterocycles. The van der Waals surface area contributed by atoms with Crippen molar-refractivity contribution in [2.45, 2.75) is 4.90 Å². The first-order valence-electron chi connectivity index (χ1n) is 3.52. The molecule has 1 atom stereocenters. The molecule has 5 heteroatoms. The van der Waals surface area contributed by atoms with Crippen molar-refractivity contribution in [3.63, 3.8) is 0 Å². The van der Waals surface area contributed by atoms with Gasteiger partial charge >= 0.3 is 0 Å². The molecule has 72 valence electrons. The molecule has 1 aromatic rings. The molecule has 0 aliphatic rings. The van der Waals surface area contributed by atoms with Crippen LogP contribution in [-0.4, -0.2) is 17.5 Å². The minimum atomic E-state index is -2.79. The van der Waals surface area contributed by atoms with E-state index >= 15 is 0 Å². The highest BCUT2D eigenvalue weighted by molar-refractivity contribution is 7.93. The largest absolute Gasteiger partial charge is 0.245 e. The molecule has 0 spiro atoms. The van der Waals surface area contributed by atoms with Crippen LogP contribution in [0.15, 0.2) is 27.5 Å². The predicted octanol–water partition coefficient (Wildman–Crippen LogP) is 2.05. The number of nitrogens with zero attached hydrogens (tertiary/aromatic N) is 1. The topological polar surface area (TPSA) is 29.4 Å². The maximum Gasteiger partial charge on any atom is 0.140 e. The van der Waals surface area contributed by atoms with Gasteiger partial charge in [0.15, 0.2) is 0 Å². The molecule has 0 radical (unpaired) electrons. The van der Waals surface area contributed by atoms with E-state index in [4.69, 9.17) is 0 Å². The summed E-state index contributed by atoms with van der Waals surface area (Å²) >= 11 is 0. The van der Waals surface area contributed by atoms with Gasteiger partial charge in [-0.25, -0.2) is 17.4 Å². The van der Waals surface area contributed by atoms with E-state index in [0.29, 0.717) is 0 Å². The SMILES string of the molecule is CN=[S@](C)(=O)c1cc(F)ccc1F. The lowest BCUT2D eigenvalue weighted by Crippen LogP contribution is -2.01. The molecule has 1 rings (SSSR count). The van der Waals surface area contributed by atoms with E-state index in [9.17, 15) is 13.0 Å². The monoisotopic (exact) mass is 205 g/mol. The maximum absolute atomic E-state index is 13.0. The highest BCUT2D eigenvalue weighted by Gasteiger charge is 2.11. The van der Waals surface area contributed by atoms with Crippen molar-refractivity contribution >= 4 is 9.73 Å². The molecule has 1 aromatic carbocycles. The van der Waals surface area contributed by atoms with Crippen LogP contribution in [-0.2, 0) is 9.73 Å². The van der Waals surface area contributed by atoms with Gasteiger partial charge in [-0.1, -0.05) is 0 Å². The Kier molecular flexibility index (Phi) is 2.66. The first-order chi connectivity index (χ1) is 5.97. The number of hydrogen-bond donors (Lipinski definition) is 0. The minimum Gasteiger partial charge on any atom is -0.245 e. The summed E-state index contributed by atoms with van der Waals surface area (Å²) in [6.07, 6.45) is 1.27. The fraction of sp³-hybridized carbons (Fsp3) is 0.250. The lowest BCUT2D eigenvalue weighted by atomic mass is 10.3. The van der Waals surface area contributed by atoms with E-state index in [1.807, 2.05) is 0 Å². The van der Waals surface area contributed by atoms with Crippen LogP contribution in [0.1, 0.15) is 0 Å². The lowest BCUT2D eigenvalue weighted by molar-refractivity contribution is 0.571. The molecule has 0 saturated heterocycles. The normalized spacial score (nSPS) is 15.1. The molecule has 0 bridgehead atoms. The highest BCUT2D eigenvalue weighted by Crippen LogP contribution is 2.16. The smallest absolute Gasteiger partial charge is 0.140 e. The van der Waals surface area contributed by atoms with Crippen LogP contribution >= 0.6 is 0 Å². The molecule has 2 nitrogen and oxygen atoms in total. The molecule has 0 amide bonds. The third-order valence-electron chi connectivity index (χ3n) is 1.65. The lowest BCUT2D eigenvalue weighted by Gasteiger charge is -2.03. The van der Waals surface area contributed by atoms with Crippen molar-refractivity contribution in [2.24, 2.45) is 4.36 Å². The Bertz CT molecular complexity index is 436. The van der Waals surface area contributed by atoms with Gasteiger partial charge in [-0.2, -0.15) is 0 Å². The first kappa shape index (κ1) is 10.1. The van der Waals surface area contributed by atoms with Gasteiger partial charge in [0.05, 0.1) is 14.6 Å². The summed E-state index contributed by atoms with van der Waals surface area (Å²) < 4.78 is 40.8. The average molecular weight is 205 g/mol. The molecular formula is C8H9F2NOS. The summed E-state index contributed by atoms with van der Waals surface area (Å²) in [5, 5.41) is 0. The second-order valence-corrected chi connectivity index (χ2v) is 4.97. The Hall–Kier alpha value is -0.970. The fourth-order valence-corrected chi connectivity index (χ4v) is 1.82. The van der Waals surface area contributed by atoms with Gasteiger partial charge in [0.25, 0.3) is 0 Å². The maximum atomic E-state index is 13.0. The van der Waals surface area contributed by atoms with Crippen LogP contribution < -0.4 is 0 Å². The standard InChI is InChI=1S/C8H9F2NOS/c1-11-13(2,12)8-5-6(9)3-4-7(8)10/h3-5H,1-2H3/t13-/m1/s1. The van der Waals surface area contributed by atoms with Gasteiger partial charge < -0.3 is 0 Å². The third kappa shape index (κ3) is 2.03. The highest BCUT2D eigenvalue weighted by atomic mass is 32.2. The summed E-state index contributed by atoms with van der Waals surface area (Å²) in [7, 11) is -1.48. The van der Waals surface area contributed by atoms with Crippen molar-refractivity contribution < 1.29 is 13.0 Å². The van der Waals surface area contributed by atoms with E-state index in [-0.39, 0.29) is 4.90 Å². The van der Waals surface area contributed by atoms with E-state index in [1.165, 1.54) is 13.3 Å². The van der Waals surface area contributed by atoms with Gasteiger partial charge in [-0.3, -0.25) is 0 Å². The minimum absolute atomic E-state index is 0.185. The average Bonchev–Trinajstić information content (AvgIpc) is 2.09. The molecule has 0 aliphatic heterocycles. The Morgan fingerprint density at radius 1 is 1.38 bits per heavy atom. The zero-order chi connectivity index (χ0) is 10.1. The summed E-state index contributed by atoms with van der Waals surface area (Å²) in [6, 6.07) is 2.83. The Labute approximate surface area is 75.8 Å². The summed E-state index contributed by atoms with van der Waals surface area (Å²) in [4.78, 5) is -0.185. The van der Waals surface area contributed by atoms with Crippen LogP contribution in [0.4, 0.5) is 8.78 Å². The quantitative estimate of drug-likeness (QED) is 0.690. The van der Waals surface area contributed by atoms with Crippen LogP contribution in [0.2, 0.25) is 0 Å². The number of rotatable bonds is 1. The number of hydrogen-bond acceptors (Lipinski definition) is 2. The number of benzene rings is 1. The molecule has 0 fully saturated rings. The summed E-state index contributed by atoms with van der Waals surface area (Å²) in [5.41, 5.74) is 0. The molecule has 0 heterocycles. The Balaban J connectivity index is 3.47. The first-order valence-corrected chi connectivity index (χ1v) is 5.45. The van der Waals surface area contributed by atoms with Gasteiger partial charge in [-0.05, 0) is 18.2 Å². The summed E-state index contributed by atoms with van der Waals surface area (Å²) in [6.45, 7) is 0. The van der Waals surface area contributed by atoms with E-state index in [2.05, 4.69) is 4.36 Å². The van der Waals surface area contributed by atoms with E-state index in [0.717, 1.165) is 18.2 Å². The molecule has 0 aliphatic carbocycles. The van der Waals surface area contributed by atoms with Gasteiger partial charge in [0.2, 0.25) is 0 Å². The Morgan fingerprint density at radius 2 is 2.00 bits per heavy atom. The van der Waals surface area contributed by atoms with Crippen molar-refractivity contribution in [3.8, 4) is 0 Å². The van der Waals surface area contributed by atoms with E-state index in [1.54, 1.807) is 0 Å². The van der Waals surface area contributed by atoms with Crippen molar-refractivity contribution in [2.75, 3.05) is 13.3 Å². The second-order valence-electron chi connectivity index (χ2n) is 2.56. The van der Waals surface area contributed by atoms with Gasteiger partial charge in [0.1, 0.15) is 11.6 Å². The second kappa shape index (κ2) is 3.41. The van der Waals surface area contributed by atoms with Crippen molar-refractivity contribution in [1.29, 1.82) is 0 Å². The third-order valence-corrected chi connectivity index (χ3v) is 3.48. The van der Waals surface area contributed by atoms with Crippen LogP contribution in [0.5, 0.6) is 0 Å². The van der Waals surface area contributed by atoms with Gasteiger partial charge in [0, 0.05) is 13.3 Å². The molecular weight excluding hydrogens is 196 g/mol. The number of halogens is 2. The summed E-state index contributed by atoms with van der Waals surface area (Å²) in [5.74, 6) is -1.31. The zero-order valence-electron chi connectivity index (χ0n) is 7.25. The van der Waals surface area contributed by atoms with Crippen LogP contribution in [0.25, 0.3) is 0 Å².